The van der Waals surface area contributed by atoms with Crippen LogP contribution in [0.4, 0.5) is 0 Å². The van der Waals surface area contributed by atoms with Gasteiger partial charge in [-0.1, -0.05) is 45.5 Å². The molecule has 37 heavy (non-hydrogen) atoms. The molecule has 7 nitrogen and oxygen atoms in total. The summed E-state index contributed by atoms with van der Waals surface area (Å²) in [6.45, 7) is 9.76. The molecule has 4 aromatic rings. The Balaban J connectivity index is 0.00000380. The molecule has 0 saturated carbocycles. The molecule has 3 heterocycles. The van der Waals surface area contributed by atoms with Crippen LogP contribution in [0.5, 0.6) is 5.75 Å². The maximum Gasteiger partial charge on any atom is 0.265 e. The molecule has 198 valence electrons. The lowest BCUT2D eigenvalue weighted by Gasteiger charge is -2.19. The Morgan fingerprint density at radius 1 is 1.16 bits per heavy atom. The van der Waals surface area contributed by atoms with Gasteiger partial charge in [0.2, 0.25) is 0 Å². The number of hydrogen-bond acceptors (Lipinski definition) is 6. The quantitative estimate of drug-likeness (QED) is 0.280. The fourth-order valence-corrected chi connectivity index (χ4v) is 5.82. The molecule has 0 spiro atoms. The van der Waals surface area contributed by atoms with E-state index in [1.807, 2.05) is 49.4 Å². The van der Waals surface area contributed by atoms with E-state index < -0.39 is 0 Å². The van der Waals surface area contributed by atoms with Crippen molar-refractivity contribution in [3.05, 3.63) is 69.6 Å². The molecule has 0 bridgehead atoms. The SMILES string of the molecule is C.CCN(CC)CCCC(C)NC(=O)c1sc2c(c1OC)c(=O)n(Cc1ccccn1)c1ccccc21. The first-order chi connectivity index (χ1) is 17.5. The smallest absolute Gasteiger partial charge is 0.265 e. The molecule has 0 aliphatic rings. The summed E-state index contributed by atoms with van der Waals surface area (Å²) in [4.78, 5) is 34.3. The number of aromatic nitrogens is 2. The van der Waals surface area contributed by atoms with Crippen molar-refractivity contribution < 1.29 is 9.53 Å². The Labute approximate surface area is 223 Å². The molecule has 4 rings (SSSR count). The fraction of sp³-hybridized carbons (Fsp3) is 0.414. The number of pyridine rings is 2. The number of carbonyl (C=O) groups is 1. The first-order valence-electron chi connectivity index (χ1n) is 12.5. The zero-order valence-electron chi connectivity index (χ0n) is 21.4. The van der Waals surface area contributed by atoms with Crippen LogP contribution >= 0.6 is 11.3 Å². The van der Waals surface area contributed by atoms with Crippen molar-refractivity contribution >= 4 is 38.2 Å². The lowest BCUT2D eigenvalue weighted by molar-refractivity contribution is 0.0939. The minimum atomic E-state index is -0.205. The largest absolute Gasteiger partial charge is 0.494 e. The van der Waals surface area contributed by atoms with Crippen molar-refractivity contribution in [2.45, 2.75) is 53.6 Å². The number of fused-ring (bicyclic) bond motifs is 3. The summed E-state index contributed by atoms with van der Waals surface area (Å²) in [5.41, 5.74) is 1.41. The summed E-state index contributed by atoms with van der Waals surface area (Å²) in [6, 6.07) is 13.5. The predicted molar refractivity (Wildman–Crippen MR) is 154 cm³/mol. The first-order valence-corrected chi connectivity index (χ1v) is 13.3. The Kier molecular flexibility index (Phi) is 9.83. The Morgan fingerprint density at radius 3 is 2.57 bits per heavy atom. The molecule has 1 amide bonds. The normalized spacial score (nSPS) is 12.0. The van der Waals surface area contributed by atoms with E-state index in [0.29, 0.717) is 22.6 Å². The zero-order chi connectivity index (χ0) is 25.7. The lowest BCUT2D eigenvalue weighted by atomic mass is 10.1. The van der Waals surface area contributed by atoms with Crippen molar-refractivity contribution in [1.82, 2.24) is 19.8 Å². The molecule has 0 aliphatic carbocycles. The highest BCUT2D eigenvalue weighted by Crippen LogP contribution is 2.39. The molecule has 1 N–H and O–H groups in total. The predicted octanol–water partition coefficient (Wildman–Crippen LogP) is 5.54. The van der Waals surface area contributed by atoms with Gasteiger partial charge in [0.25, 0.3) is 11.5 Å². The van der Waals surface area contributed by atoms with Gasteiger partial charge in [0.15, 0.2) is 5.75 Å². The second-order valence-corrected chi connectivity index (χ2v) is 9.96. The topological polar surface area (TPSA) is 76.5 Å². The third-order valence-corrected chi connectivity index (χ3v) is 7.81. The Hall–Kier alpha value is -3.23. The Morgan fingerprint density at radius 2 is 1.89 bits per heavy atom. The van der Waals surface area contributed by atoms with Crippen LogP contribution in [0.1, 0.15) is 56.4 Å². The van der Waals surface area contributed by atoms with E-state index in [2.05, 4.69) is 29.0 Å². The fourth-order valence-electron chi connectivity index (χ4n) is 4.62. The number of ether oxygens (including phenoxy) is 1. The van der Waals surface area contributed by atoms with Crippen LogP contribution in [-0.2, 0) is 6.54 Å². The number of nitrogens with one attached hydrogen (secondary N) is 1. The highest BCUT2D eigenvalue weighted by atomic mass is 32.1. The van der Waals surface area contributed by atoms with Gasteiger partial charge in [0.05, 0.1) is 29.6 Å². The van der Waals surface area contributed by atoms with Crippen LogP contribution in [0.2, 0.25) is 0 Å². The van der Waals surface area contributed by atoms with E-state index >= 15 is 0 Å². The number of carbonyl (C=O) groups excluding carboxylic acids is 1. The molecule has 1 atom stereocenters. The zero-order valence-corrected chi connectivity index (χ0v) is 22.2. The molecular formula is C29H38N4O3S. The summed E-state index contributed by atoms with van der Waals surface area (Å²) < 4.78 is 8.17. The van der Waals surface area contributed by atoms with Crippen LogP contribution in [-0.4, -0.2) is 53.1 Å². The minimum Gasteiger partial charge on any atom is -0.494 e. The summed E-state index contributed by atoms with van der Waals surface area (Å²) in [5.74, 6) is 0.136. The van der Waals surface area contributed by atoms with Crippen LogP contribution < -0.4 is 15.6 Å². The number of rotatable bonds is 11. The molecule has 0 aliphatic heterocycles. The molecule has 3 aromatic heterocycles. The second kappa shape index (κ2) is 12.8. The third kappa shape index (κ3) is 6.02. The van der Waals surface area contributed by atoms with Crippen LogP contribution in [0.3, 0.4) is 0 Å². The van der Waals surface area contributed by atoms with Gasteiger partial charge in [-0.15, -0.1) is 11.3 Å². The number of benzene rings is 1. The summed E-state index contributed by atoms with van der Waals surface area (Å²) >= 11 is 1.32. The van der Waals surface area contributed by atoms with E-state index in [4.69, 9.17) is 4.74 Å². The van der Waals surface area contributed by atoms with Gasteiger partial charge < -0.3 is 19.5 Å². The highest BCUT2D eigenvalue weighted by Gasteiger charge is 2.25. The summed E-state index contributed by atoms with van der Waals surface area (Å²) in [7, 11) is 1.52. The second-order valence-electron chi connectivity index (χ2n) is 8.94. The van der Waals surface area contributed by atoms with Gasteiger partial charge in [-0.25, -0.2) is 0 Å². The van der Waals surface area contributed by atoms with Gasteiger partial charge in [0.1, 0.15) is 10.3 Å². The van der Waals surface area contributed by atoms with Crippen molar-refractivity contribution in [2.24, 2.45) is 0 Å². The molecular weight excluding hydrogens is 484 g/mol. The van der Waals surface area contributed by atoms with E-state index in [9.17, 15) is 9.59 Å². The minimum absolute atomic E-state index is 0. The van der Waals surface area contributed by atoms with E-state index in [1.165, 1.54) is 18.4 Å². The van der Waals surface area contributed by atoms with Crippen molar-refractivity contribution in [3.8, 4) is 5.75 Å². The summed E-state index contributed by atoms with van der Waals surface area (Å²) in [6.07, 6.45) is 3.61. The maximum absolute atomic E-state index is 13.8. The molecule has 0 fully saturated rings. The Bertz CT molecular complexity index is 1390. The van der Waals surface area contributed by atoms with Gasteiger partial charge in [-0.05, 0) is 57.6 Å². The number of thiophene rings is 1. The molecule has 0 radical (unpaired) electrons. The first kappa shape index (κ1) is 28.3. The number of hydrogen-bond donors (Lipinski definition) is 1. The molecule has 1 aromatic carbocycles. The van der Waals surface area contributed by atoms with Gasteiger partial charge in [-0.3, -0.25) is 14.6 Å². The van der Waals surface area contributed by atoms with E-state index in [-0.39, 0.29) is 24.9 Å². The average Bonchev–Trinajstić information content (AvgIpc) is 3.30. The van der Waals surface area contributed by atoms with Gasteiger partial charge in [0, 0.05) is 17.6 Å². The van der Waals surface area contributed by atoms with Crippen LogP contribution in [0.25, 0.3) is 21.0 Å². The highest BCUT2D eigenvalue weighted by molar-refractivity contribution is 7.22. The van der Waals surface area contributed by atoms with Crippen molar-refractivity contribution in [2.75, 3.05) is 26.7 Å². The number of methoxy groups -OCH3 is 1. The van der Waals surface area contributed by atoms with Crippen LogP contribution in [0.15, 0.2) is 53.5 Å². The molecule has 0 saturated heterocycles. The third-order valence-electron chi connectivity index (χ3n) is 6.60. The van der Waals surface area contributed by atoms with E-state index in [1.54, 1.807) is 10.8 Å². The average molecular weight is 523 g/mol. The number of amides is 1. The summed E-state index contributed by atoms with van der Waals surface area (Å²) in [5, 5.41) is 4.47. The maximum atomic E-state index is 13.8. The van der Waals surface area contributed by atoms with Crippen LogP contribution in [0, 0.1) is 0 Å². The molecule has 8 heteroatoms. The molecule has 1 unspecified atom stereocenters. The number of nitrogens with zero attached hydrogens (tertiary/aromatic N) is 3. The monoisotopic (exact) mass is 522 g/mol. The van der Waals surface area contributed by atoms with Gasteiger partial charge in [-0.2, -0.15) is 0 Å². The van der Waals surface area contributed by atoms with Crippen molar-refractivity contribution in [3.63, 3.8) is 0 Å². The standard InChI is InChI=1S/C28H34N4O3S.CH4/c1-5-31(6-2)17-11-12-19(3)30-27(33)26-24(35-4)23-25(36-26)21-14-7-8-15-22(21)32(28(23)34)18-20-13-9-10-16-29-20;/h7-10,13-16,19H,5-6,11-12,17-18H2,1-4H3,(H,30,33);1H4. The van der Waals surface area contributed by atoms with Gasteiger partial charge >= 0.3 is 0 Å². The van der Waals surface area contributed by atoms with E-state index in [0.717, 1.165) is 53.8 Å². The number of para-hydroxylation sites is 1. The van der Waals surface area contributed by atoms with Crippen molar-refractivity contribution in [1.29, 1.82) is 0 Å². The lowest BCUT2D eigenvalue weighted by Crippen LogP contribution is -2.33.